The number of hydrogen-bond donors (Lipinski definition) is 1. The molecule has 3 rings (SSSR count). The maximum atomic E-state index is 12.4. The number of benzene rings is 2. The Hall–Kier alpha value is -2.33. The summed E-state index contributed by atoms with van der Waals surface area (Å²) in [7, 11) is 0. The summed E-state index contributed by atoms with van der Waals surface area (Å²) in [6, 6.07) is 12.6. The van der Waals surface area contributed by atoms with Crippen LogP contribution in [0, 0.1) is 5.92 Å². The van der Waals surface area contributed by atoms with Gasteiger partial charge in [-0.3, -0.25) is 9.59 Å². The second-order valence-electron chi connectivity index (χ2n) is 7.04. The third-order valence-corrected chi connectivity index (χ3v) is 4.79. The van der Waals surface area contributed by atoms with E-state index < -0.39 is 0 Å². The number of carbonyl (C=O) groups is 2. The summed E-state index contributed by atoms with van der Waals surface area (Å²) in [6.07, 6.45) is 2.18. The Morgan fingerprint density at radius 2 is 2.00 bits per heavy atom. The van der Waals surface area contributed by atoms with Crippen LogP contribution >= 0.6 is 11.6 Å². The van der Waals surface area contributed by atoms with Gasteiger partial charge in [0.05, 0.1) is 0 Å². The molecule has 0 fully saturated rings. The molecule has 0 aliphatic carbocycles. The molecule has 1 aliphatic heterocycles. The molecule has 26 heavy (non-hydrogen) atoms. The molecular formula is C21H23ClN2O2. The van der Waals surface area contributed by atoms with Crippen molar-refractivity contribution in [3.8, 4) is 0 Å². The third-order valence-electron chi connectivity index (χ3n) is 4.55. The average Bonchev–Trinajstić information content (AvgIpc) is 2.60. The van der Waals surface area contributed by atoms with Crippen LogP contribution < -0.4 is 10.2 Å². The van der Waals surface area contributed by atoms with Gasteiger partial charge in [-0.2, -0.15) is 0 Å². The summed E-state index contributed by atoms with van der Waals surface area (Å²) >= 11 is 5.95. The van der Waals surface area contributed by atoms with Gasteiger partial charge >= 0.3 is 0 Å². The molecule has 0 aromatic heterocycles. The number of aryl methyl sites for hydroxylation is 1. The number of halogens is 1. The zero-order valence-electron chi connectivity index (χ0n) is 15.1. The smallest absolute Gasteiger partial charge is 0.255 e. The fraction of sp³-hybridized carbons (Fsp3) is 0.333. The number of nitrogens with zero attached hydrogens (tertiary/aromatic N) is 1. The van der Waals surface area contributed by atoms with E-state index in [4.69, 9.17) is 11.6 Å². The van der Waals surface area contributed by atoms with Gasteiger partial charge in [-0.15, -0.1) is 0 Å². The second-order valence-corrected chi connectivity index (χ2v) is 7.47. The van der Waals surface area contributed by atoms with Crippen LogP contribution in [0.15, 0.2) is 42.5 Å². The molecule has 0 saturated heterocycles. The summed E-state index contributed by atoms with van der Waals surface area (Å²) in [5, 5.41) is 3.44. The number of amides is 2. The van der Waals surface area contributed by atoms with Crippen LogP contribution in [0.2, 0.25) is 5.02 Å². The SMILES string of the molecule is CC(C)CCN1C(=O)CCc2cc(NC(=O)c3cccc(Cl)c3)ccc21. The van der Waals surface area contributed by atoms with Gasteiger partial charge < -0.3 is 10.2 Å². The number of hydrogen-bond acceptors (Lipinski definition) is 2. The van der Waals surface area contributed by atoms with E-state index in [1.54, 1.807) is 24.3 Å². The highest BCUT2D eigenvalue weighted by Crippen LogP contribution is 2.31. The molecule has 0 unspecified atom stereocenters. The van der Waals surface area contributed by atoms with Crippen molar-refractivity contribution in [1.29, 1.82) is 0 Å². The van der Waals surface area contributed by atoms with Crippen LogP contribution in [0.25, 0.3) is 0 Å². The maximum Gasteiger partial charge on any atom is 0.255 e. The molecule has 0 atom stereocenters. The number of nitrogens with one attached hydrogen (secondary N) is 1. The molecule has 0 radical (unpaired) electrons. The first-order chi connectivity index (χ1) is 12.4. The normalized spacial score (nSPS) is 13.7. The lowest BCUT2D eigenvalue weighted by Gasteiger charge is -2.30. The van der Waals surface area contributed by atoms with E-state index in [0.717, 1.165) is 29.9 Å². The van der Waals surface area contributed by atoms with Crippen LogP contribution in [-0.4, -0.2) is 18.4 Å². The van der Waals surface area contributed by atoms with Crippen molar-refractivity contribution in [3.63, 3.8) is 0 Å². The summed E-state index contributed by atoms with van der Waals surface area (Å²) in [5.41, 5.74) is 3.30. The lowest BCUT2D eigenvalue weighted by molar-refractivity contribution is -0.118. The standard InChI is InChI=1S/C21H23ClN2O2/c1-14(2)10-11-24-19-8-7-18(13-15(19)6-9-20(24)25)23-21(26)16-4-3-5-17(22)12-16/h3-5,7-8,12-14H,6,9-11H2,1-2H3,(H,23,26). The first-order valence-corrected chi connectivity index (χ1v) is 9.32. The van der Waals surface area contributed by atoms with Gasteiger partial charge in [0.2, 0.25) is 5.91 Å². The molecule has 1 aliphatic rings. The molecule has 2 aromatic carbocycles. The van der Waals surface area contributed by atoms with E-state index in [1.807, 2.05) is 23.1 Å². The first-order valence-electron chi connectivity index (χ1n) is 8.94. The zero-order valence-corrected chi connectivity index (χ0v) is 15.8. The molecule has 1 heterocycles. The summed E-state index contributed by atoms with van der Waals surface area (Å²) < 4.78 is 0. The summed E-state index contributed by atoms with van der Waals surface area (Å²) in [4.78, 5) is 26.6. The van der Waals surface area contributed by atoms with Crippen molar-refractivity contribution in [2.45, 2.75) is 33.1 Å². The molecule has 2 aromatic rings. The molecule has 5 heteroatoms. The van der Waals surface area contributed by atoms with Gasteiger partial charge in [0, 0.05) is 34.9 Å². The topological polar surface area (TPSA) is 49.4 Å². The summed E-state index contributed by atoms with van der Waals surface area (Å²) in [5.74, 6) is 0.522. The third kappa shape index (κ3) is 4.25. The van der Waals surface area contributed by atoms with Crippen molar-refractivity contribution in [2.75, 3.05) is 16.8 Å². The number of carbonyl (C=O) groups excluding carboxylic acids is 2. The van der Waals surface area contributed by atoms with E-state index in [2.05, 4.69) is 19.2 Å². The Balaban J connectivity index is 1.78. The van der Waals surface area contributed by atoms with Crippen LogP contribution in [0.1, 0.15) is 42.6 Å². The van der Waals surface area contributed by atoms with Crippen molar-refractivity contribution in [2.24, 2.45) is 5.92 Å². The Morgan fingerprint density at radius 1 is 1.19 bits per heavy atom. The lowest BCUT2D eigenvalue weighted by Crippen LogP contribution is -2.36. The highest BCUT2D eigenvalue weighted by atomic mass is 35.5. The minimum absolute atomic E-state index is 0.175. The Labute approximate surface area is 159 Å². The lowest BCUT2D eigenvalue weighted by atomic mass is 9.99. The van der Waals surface area contributed by atoms with Gasteiger partial charge in [0.25, 0.3) is 5.91 Å². The average molecular weight is 371 g/mol. The summed E-state index contributed by atoms with van der Waals surface area (Å²) in [6.45, 7) is 5.05. The molecule has 2 amide bonds. The molecule has 4 nitrogen and oxygen atoms in total. The minimum atomic E-state index is -0.198. The molecular weight excluding hydrogens is 348 g/mol. The molecule has 0 bridgehead atoms. The van der Waals surface area contributed by atoms with E-state index in [1.165, 1.54) is 0 Å². The molecule has 0 spiro atoms. The molecule has 1 N–H and O–H groups in total. The van der Waals surface area contributed by atoms with E-state index in [9.17, 15) is 9.59 Å². The van der Waals surface area contributed by atoms with Gasteiger partial charge in [0.15, 0.2) is 0 Å². The second kappa shape index (κ2) is 7.92. The highest BCUT2D eigenvalue weighted by Gasteiger charge is 2.24. The van der Waals surface area contributed by atoms with Crippen molar-refractivity contribution >= 4 is 34.8 Å². The van der Waals surface area contributed by atoms with Crippen LogP contribution in [0.5, 0.6) is 0 Å². The predicted octanol–water partition coefficient (Wildman–Crippen LogP) is 4.92. The highest BCUT2D eigenvalue weighted by molar-refractivity contribution is 6.31. The van der Waals surface area contributed by atoms with E-state index in [0.29, 0.717) is 29.3 Å². The van der Waals surface area contributed by atoms with Crippen LogP contribution in [-0.2, 0) is 11.2 Å². The Bertz CT molecular complexity index is 833. The zero-order chi connectivity index (χ0) is 18.7. The monoisotopic (exact) mass is 370 g/mol. The van der Waals surface area contributed by atoms with Gasteiger partial charge in [-0.1, -0.05) is 31.5 Å². The van der Waals surface area contributed by atoms with E-state index >= 15 is 0 Å². The number of anilines is 2. The van der Waals surface area contributed by atoms with Crippen molar-refractivity contribution in [3.05, 3.63) is 58.6 Å². The molecule has 136 valence electrons. The van der Waals surface area contributed by atoms with Crippen molar-refractivity contribution < 1.29 is 9.59 Å². The van der Waals surface area contributed by atoms with Crippen LogP contribution in [0.3, 0.4) is 0 Å². The number of rotatable bonds is 5. The quantitative estimate of drug-likeness (QED) is 0.812. The van der Waals surface area contributed by atoms with E-state index in [-0.39, 0.29) is 11.8 Å². The first kappa shape index (κ1) is 18.5. The largest absolute Gasteiger partial charge is 0.322 e. The van der Waals surface area contributed by atoms with Gasteiger partial charge in [-0.05, 0) is 60.7 Å². The predicted molar refractivity (Wildman–Crippen MR) is 106 cm³/mol. The molecule has 0 saturated carbocycles. The minimum Gasteiger partial charge on any atom is -0.322 e. The maximum absolute atomic E-state index is 12.4. The van der Waals surface area contributed by atoms with Gasteiger partial charge in [0.1, 0.15) is 0 Å². The Kier molecular flexibility index (Phi) is 5.62. The van der Waals surface area contributed by atoms with Crippen LogP contribution in [0.4, 0.5) is 11.4 Å². The van der Waals surface area contributed by atoms with Gasteiger partial charge in [-0.25, -0.2) is 0 Å². The Morgan fingerprint density at radius 3 is 2.73 bits per heavy atom. The number of fused-ring (bicyclic) bond motifs is 1. The van der Waals surface area contributed by atoms with Crippen molar-refractivity contribution in [1.82, 2.24) is 0 Å². The fourth-order valence-electron chi connectivity index (χ4n) is 3.10. The fourth-order valence-corrected chi connectivity index (χ4v) is 3.29.